The molecular formula is C25H28N6O6S. The number of aryl methyl sites for hydroxylation is 3. The first kappa shape index (κ1) is 28.3. The molecule has 0 bridgehead atoms. The number of hydrogen-bond acceptors (Lipinski definition) is 9. The van der Waals surface area contributed by atoms with E-state index >= 15 is 0 Å². The molecule has 38 heavy (non-hydrogen) atoms. The highest BCUT2D eigenvalue weighted by molar-refractivity contribution is 7.21. The Labute approximate surface area is 221 Å². The summed E-state index contributed by atoms with van der Waals surface area (Å²) < 4.78 is 7.69. The van der Waals surface area contributed by atoms with Gasteiger partial charge in [-0.25, -0.2) is 14.2 Å². The lowest BCUT2D eigenvalue weighted by molar-refractivity contribution is -0.146. The molecule has 13 heteroatoms. The van der Waals surface area contributed by atoms with Crippen molar-refractivity contribution in [3.8, 4) is 16.8 Å². The van der Waals surface area contributed by atoms with Crippen molar-refractivity contribution in [2.45, 2.75) is 45.7 Å². The maximum Gasteiger partial charge on any atom is 0.333 e. The van der Waals surface area contributed by atoms with Gasteiger partial charge >= 0.3 is 11.7 Å². The number of rotatable bonds is 8. The van der Waals surface area contributed by atoms with Gasteiger partial charge in [0.05, 0.1) is 44.0 Å². The number of thiophene rings is 1. The Morgan fingerprint density at radius 2 is 1.87 bits per heavy atom. The highest BCUT2D eigenvalue weighted by Crippen LogP contribution is 2.31. The van der Waals surface area contributed by atoms with E-state index in [1.807, 2.05) is 24.3 Å². The summed E-state index contributed by atoms with van der Waals surface area (Å²) in [6.07, 6.45) is 3.73. The molecule has 2 N–H and O–H groups in total. The van der Waals surface area contributed by atoms with Gasteiger partial charge in [0.2, 0.25) is 0 Å². The number of aliphatic hydroxyl groups is 1. The Hall–Kier alpha value is -4.28. The summed E-state index contributed by atoms with van der Waals surface area (Å²) in [5.74, 6) is -0.594. The largest absolute Gasteiger partial charge is 0.496 e. The van der Waals surface area contributed by atoms with Gasteiger partial charge in [0.25, 0.3) is 5.56 Å². The van der Waals surface area contributed by atoms with E-state index in [2.05, 4.69) is 10.2 Å². The number of carboxylic acid groups (broad SMARTS) is 1. The molecular weight excluding hydrogens is 512 g/mol. The first-order valence-electron chi connectivity index (χ1n) is 11.6. The number of carboxylic acids is 1. The van der Waals surface area contributed by atoms with Gasteiger partial charge in [0.15, 0.2) is 0 Å². The average molecular weight is 541 g/mol. The van der Waals surface area contributed by atoms with E-state index in [1.165, 1.54) is 46.9 Å². The van der Waals surface area contributed by atoms with Crippen molar-refractivity contribution in [1.29, 1.82) is 5.26 Å². The predicted molar refractivity (Wildman–Crippen MR) is 141 cm³/mol. The van der Waals surface area contributed by atoms with Crippen LogP contribution in [0.5, 0.6) is 5.75 Å². The number of fused-ring (bicyclic) bond motifs is 1. The number of hydrogen-bond donors (Lipinski definition) is 2. The van der Waals surface area contributed by atoms with Crippen molar-refractivity contribution >= 4 is 27.5 Å². The van der Waals surface area contributed by atoms with Gasteiger partial charge < -0.3 is 14.9 Å². The third kappa shape index (κ3) is 5.36. The summed E-state index contributed by atoms with van der Waals surface area (Å²) in [7, 11) is 1.57. The van der Waals surface area contributed by atoms with E-state index in [9.17, 15) is 19.5 Å². The van der Waals surface area contributed by atoms with E-state index < -0.39 is 22.8 Å². The molecule has 0 atom stereocenters. The minimum Gasteiger partial charge on any atom is -0.496 e. The molecule has 0 saturated heterocycles. The average Bonchev–Trinajstić information content (AvgIpc) is 3.53. The zero-order valence-electron chi connectivity index (χ0n) is 21.4. The Morgan fingerprint density at radius 1 is 1.21 bits per heavy atom. The van der Waals surface area contributed by atoms with Gasteiger partial charge in [-0.05, 0) is 38.8 Å². The fourth-order valence-electron chi connectivity index (χ4n) is 3.82. The van der Waals surface area contributed by atoms with Crippen molar-refractivity contribution in [3.05, 3.63) is 68.6 Å². The van der Waals surface area contributed by atoms with Gasteiger partial charge in [-0.2, -0.15) is 15.5 Å². The fraction of sp³-hybridized carbons (Fsp3) is 0.360. The molecule has 0 aliphatic rings. The van der Waals surface area contributed by atoms with Crippen LogP contribution in [0.25, 0.3) is 15.2 Å². The van der Waals surface area contributed by atoms with Crippen LogP contribution >= 0.6 is 11.3 Å². The first-order chi connectivity index (χ1) is 18.1. The lowest BCUT2D eigenvalue weighted by atomic mass is 10.1. The number of carbonyl (C=O) groups is 1. The molecule has 200 valence electrons. The van der Waals surface area contributed by atoms with Crippen molar-refractivity contribution in [2.24, 2.45) is 0 Å². The third-order valence-electron chi connectivity index (χ3n) is 5.89. The Balaban J connectivity index is 0.000000732. The SMILES string of the molecule is COc1ccccc1CCn1c(=O)n(C(C)(C)C(=O)O)c(=O)c2c(C)c(-n3nccn3)sc21.N#CCCO. The highest BCUT2D eigenvalue weighted by atomic mass is 32.1. The fourth-order valence-corrected chi connectivity index (χ4v) is 5.06. The maximum absolute atomic E-state index is 13.5. The number of aromatic nitrogens is 5. The highest BCUT2D eigenvalue weighted by Gasteiger charge is 2.35. The maximum atomic E-state index is 13.5. The van der Waals surface area contributed by atoms with Gasteiger partial charge in [0, 0.05) is 12.1 Å². The second-order valence-corrected chi connectivity index (χ2v) is 9.64. The number of para-hydroxylation sites is 1. The van der Waals surface area contributed by atoms with Gasteiger partial charge in [-0.3, -0.25) is 9.36 Å². The molecule has 0 spiro atoms. The topological polar surface area (TPSA) is 165 Å². The van der Waals surface area contributed by atoms with E-state index in [1.54, 1.807) is 20.1 Å². The summed E-state index contributed by atoms with van der Waals surface area (Å²) >= 11 is 1.22. The molecule has 0 aliphatic heterocycles. The summed E-state index contributed by atoms with van der Waals surface area (Å²) in [5, 5.41) is 34.4. The minimum atomic E-state index is -1.74. The van der Waals surface area contributed by atoms with Crippen molar-refractivity contribution in [1.82, 2.24) is 24.1 Å². The Kier molecular flexibility index (Phi) is 8.82. The normalized spacial score (nSPS) is 11.1. The monoisotopic (exact) mass is 540 g/mol. The number of benzene rings is 1. The second-order valence-electron chi connectivity index (χ2n) is 8.66. The van der Waals surface area contributed by atoms with Crippen LogP contribution in [0.1, 0.15) is 31.4 Å². The van der Waals surface area contributed by atoms with Crippen LogP contribution in [0.15, 0.2) is 46.2 Å². The Bertz CT molecular complexity index is 1590. The summed E-state index contributed by atoms with van der Waals surface area (Å²) in [4.78, 5) is 40.8. The summed E-state index contributed by atoms with van der Waals surface area (Å²) in [6, 6.07) is 9.23. The van der Waals surface area contributed by atoms with Crippen LogP contribution in [0.2, 0.25) is 0 Å². The van der Waals surface area contributed by atoms with Crippen molar-refractivity contribution < 1.29 is 19.7 Å². The van der Waals surface area contributed by atoms with E-state index in [0.717, 1.165) is 10.1 Å². The molecule has 3 aromatic heterocycles. The molecule has 4 rings (SSSR count). The van der Waals surface area contributed by atoms with Crippen LogP contribution in [0.4, 0.5) is 0 Å². The molecule has 0 saturated carbocycles. The van der Waals surface area contributed by atoms with Gasteiger partial charge in [-0.1, -0.05) is 29.5 Å². The first-order valence-corrected chi connectivity index (χ1v) is 12.4. The van der Waals surface area contributed by atoms with Crippen molar-refractivity contribution in [2.75, 3.05) is 13.7 Å². The summed E-state index contributed by atoms with van der Waals surface area (Å²) in [5.41, 5.74) is -1.61. The molecule has 0 amide bonds. The Morgan fingerprint density at radius 3 is 2.42 bits per heavy atom. The second kappa shape index (κ2) is 11.8. The van der Waals surface area contributed by atoms with Crippen LogP contribution in [-0.2, 0) is 23.3 Å². The number of ether oxygens (including phenoxy) is 1. The smallest absolute Gasteiger partial charge is 0.333 e. The summed E-state index contributed by atoms with van der Waals surface area (Å²) in [6.45, 7) is 4.62. The zero-order valence-corrected chi connectivity index (χ0v) is 22.2. The quantitative estimate of drug-likeness (QED) is 0.340. The van der Waals surface area contributed by atoms with Crippen LogP contribution in [-0.4, -0.2) is 54.0 Å². The minimum absolute atomic E-state index is 0.0174. The molecule has 12 nitrogen and oxygen atoms in total. The number of nitriles is 1. The van der Waals surface area contributed by atoms with E-state index in [0.29, 0.717) is 27.6 Å². The number of aliphatic hydroxyl groups excluding tert-OH is 1. The van der Waals surface area contributed by atoms with E-state index in [4.69, 9.17) is 15.1 Å². The number of aliphatic carboxylic acids is 1. The zero-order chi connectivity index (χ0) is 28.0. The lowest BCUT2D eigenvalue weighted by Crippen LogP contribution is -2.52. The van der Waals surface area contributed by atoms with Crippen molar-refractivity contribution in [3.63, 3.8) is 0 Å². The molecule has 0 aliphatic carbocycles. The number of methoxy groups -OCH3 is 1. The van der Waals surface area contributed by atoms with Crippen LogP contribution in [0, 0.1) is 18.3 Å². The lowest BCUT2D eigenvalue weighted by Gasteiger charge is -2.23. The molecule has 0 unspecified atom stereocenters. The van der Waals surface area contributed by atoms with E-state index in [-0.39, 0.29) is 25.0 Å². The predicted octanol–water partition coefficient (Wildman–Crippen LogP) is 2.08. The molecule has 3 heterocycles. The molecule has 1 aromatic carbocycles. The number of nitrogens with zero attached hydrogens (tertiary/aromatic N) is 6. The van der Waals surface area contributed by atoms with Crippen LogP contribution < -0.4 is 16.0 Å². The molecule has 0 fully saturated rings. The van der Waals surface area contributed by atoms with Gasteiger partial charge in [-0.15, -0.1) is 4.80 Å². The third-order valence-corrected chi connectivity index (χ3v) is 7.17. The molecule has 0 radical (unpaired) electrons. The standard InChI is InChI=1S/C22H23N5O5S.C3H5NO/c1-13-16-17(28)26(22(2,3)20(29)30)21(31)25(12-9-14-7-5-6-8-15(14)32-4)19(16)33-18(13)27-23-10-11-24-27;4-2-1-3-5/h5-8,10-11H,9,12H2,1-4H3,(H,29,30);5H,1,3H2. The van der Waals surface area contributed by atoms with Crippen LogP contribution in [0.3, 0.4) is 0 Å². The van der Waals surface area contributed by atoms with Gasteiger partial charge in [0.1, 0.15) is 21.1 Å². The molecule has 4 aromatic rings.